The monoisotopic (exact) mass is 362 g/mol. The van der Waals surface area contributed by atoms with Gasteiger partial charge in [0, 0.05) is 19.8 Å². The van der Waals surface area contributed by atoms with E-state index < -0.39 is 0 Å². The van der Waals surface area contributed by atoms with Gasteiger partial charge in [0.2, 0.25) is 11.9 Å². The smallest absolute Gasteiger partial charge is 0.278 e. The minimum atomic E-state index is -0.277. The number of nitriles is 1. The van der Waals surface area contributed by atoms with Gasteiger partial charge in [-0.1, -0.05) is 18.2 Å². The Morgan fingerprint density at radius 1 is 1.26 bits per heavy atom. The van der Waals surface area contributed by atoms with Gasteiger partial charge in [0.25, 0.3) is 5.56 Å². The Hall–Kier alpha value is -3.93. The third-order valence-corrected chi connectivity index (χ3v) is 3.82. The zero-order valence-corrected chi connectivity index (χ0v) is 15.1. The highest BCUT2D eigenvalue weighted by Crippen LogP contribution is 2.17. The number of H-pyrrole nitrogens is 1. The number of nitrogens with zero attached hydrogens (tertiary/aromatic N) is 6. The van der Waals surface area contributed by atoms with E-state index in [1.807, 2.05) is 36.4 Å². The van der Waals surface area contributed by atoms with Crippen LogP contribution in [0.4, 0.5) is 11.9 Å². The first-order chi connectivity index (χ1) is 12.9. The van der Waals surface area contributed by atoms with E-state index >= 15 is 0 Å². The zero-order chi connectivity index (χ0) is 19.6. The average molecular weight is 362 g/mol. The van der Waals surface area contributed by atoms with Crippen molar-refractivity contribution >= 4 is 23.5 Å². The number of aromatic nitrogens is 5. The number of aromatic amines is 1. The van der Waals surface area contributed by atoms with E-state index in [4.69, 9.17) is 5.73 Å². The van der Waals surface area contributed by atoms with Crippen LogP contribution in [0.3, 0.4) is 0 Å². The second-order valence-electron chi connectivity index (χ2n) is 6.01. The number of aryl methyl sites for hydroxylation is 1. The summed E-state index contributed by atoms with van der Waals surface area (Å²) in [5, 5.41) is 12.6. The van der Waals surface area contributed by atoms with Crippen molar-refractivity contribution < 1.29 is 0 Å². The van der Waals surface area contributed by atoms with Gasteiger partial charge in [-0.3, -0.25) is 9.89 Å². The van der Waals surface area contributed by atoms with Gasteiger partial charge in [-0.25, -0.2) is 4.68 Å². The fourth-order valence-corrected chi connectivity index (χ4v) is 2.48. The molecule has 0 bridgehead atoms. The number of rotatable bonds is 4. The van der Waals surface area contributed by atoms with Gasteiger partial charge in [-0.15, -0.1) is 0 Å². The number of nitrogens with two attached hydrogens (primary N) is 1. The topological polar surface area (TPSA) is 130 Å². The minimum Gasteiger partial charge on any atom is -0.368 e. The second kappa shape index (κ2) is 7.13. The van der Waals surface area contributed by atoms with E-state index in [0.717, 1.165) is 0 Å². The maximum atomic E-state index is 12.8. The van der Waals surface area contributed by atoms with Gasteiger partial charge >= 0.3 is 0 Å². The largest absolute Gasteiger partial charge is 0.368 e. The summed E-state index contributed by atoms with van der Waals surface area (Å²) in [6.07, 6.45) is 1.46. The Kier molecular flexibility index (Phi) is 4.72. The first-order valence-corrected chi connectivity index (χ1v) is 8.08. The van der Waals surface area contributed by atoms with Crippen LogP contribution >= 0.6 is 0 Å². The van der Waals surface area contributed by atoms with Gasteiger partial charge in [-0.05, 0) is 25.1 Å². The predicted molar refractivity (Wildman–Crippen MR) is 103 cm³/mol. The Balaban J connectivity index is 2.12. The molecule has 0 saturated heterocycles. The summed E-state index contributed by atoms with van der Waals surface area (Å²) in [5.74, 6) is 0.434. The van der Waals surface area contributed by atoms with Crippen LogP contribution in [-0.4, -0.2) is 38.8 Å². The summed E-state index contributed by atoms with van der Waals surface area (Å²) in [7, 11) is 3.51. The lowest BCUT2D eigenvalue weighted by molar-refractivity contribution is 0.835. The molecule has 9 heteroatoms. The molecule has 1 aromatic carbocycles. The Bertz CT molecular complexity index is 1100. The second-order valence-corrected chi connectivity index (χ2v) is 6.01. The highest BCUT2D eigenvalue weighted by molar-refractivity contribution is 5.87. The van der Waals surface area contributed by atoms with Crippen LogP contribution in [-0.2, 0) is 0 Å². The number of benzene rings is 1. The molecule has 136 valence electrons. The van der Waals surface area contributed by atoms with Crippen LogP contribution in [0.15, 0.2) is 35.1 Å². The van der Waals surface area contributed by atoms with Crippen LogP contribution < -0.4 is 16.2 Å². The predicted octanol–water partition coefficient (Wildman–Crippen LogP) is 1.37. The fraction of sp³-hybridized carbons (Fsp3) is 0.167. The first-order valence-electron chi connectivity index (χ1n) is 8.08. The lowest BCUT2D eigenvalue weighted by atomic mass is 10.1. The van der Waals surface area contributed by atoms with Crippen molar-refractivity contribution in [2.45, 2.75) is 6.92 Å². The molecule has 0 aliphatic heterocycles. The molecule has 0 radical (unpaired) electrons. The van der Waals surface area contributed by atoms with Crippen LogP contribution in [0.1, 0.15) is 17.1 Å². The summed E-state index contributed by atoms with van der Waals surface area (Å²) >= 11 is 0. The van der Waals surface area contributed by atoms with Crippen molar-refractivity contribution in [2.24, 2.45) is 0 Å². The van der Waals surface area contributed by atoms with Crippen molar-refractivity contribution in [1.29, 1.82) is 5.26 Å². The molecule has 0 aliphatic carbocycles. The van der Waals surface area contributed by atoms with Gasteiger partial charge in [0.05, 0.1) is 16.8 Å². The van der Waals surface area contributed by atoms with Crippen LogP contribution in [0.5, 0.6) is 0 Å². The average Bonchev–Trinajstić information content (AvgIpc) is 2.94. The molecule has 0 saturated carbocycles. The molecular formula is C18H18N8O. The summed E-state index contributed by atoms with van der Waals surface area (Å²) in [6.45, 7) is 1.76. The summed E-state index contributed by atoms with van der Waals surface area (Å²) in [4.78, 5) is 26.7. The molecule has 0 aliphatic rings. The van der Waals surface area contributed by atoms with Gasteiger partial charge in [0.1, 0.15) is 6.07 Å². The Morgan fingerprint density at radius 3 is 2.59 bits per heavy atom. The quantitative estimate of drug-likeness (QED) is 0.670. The molecule has 0 spiro atoms. The Morgan fingerprint density at radius 2 is 1.96 bits per heavy atom. The van der Waals surface area contributed by atoms with E-state index in [1.165, 1.54) is 10.8 Å². The van der Waals surface area contributed by atoms with Crippen LogP contribution in [0, 0.1) is 18.3 Å². The van der Waals surface area contributed by atoms with E-state index in [9.17, 15) is 10.1 Å². The highest BCUT2D eigenvalue weighted by atomic mass is 16.1. The number of nitrogen functional groups attached to an aromatic ring is 1. The molecule has 0 amide bonds. The van der Waals surface area contributed by atoms with Crippen LogP contribution in [0.25, 0.3) is 17.3 Å². The minimum absolute atomic E-state index is 0.00247. The molecule has 3 N–H and O–H groups in total. The molecule has 0 unspecified atom stereocenters. The zero-order valence-electron chi connectivity index (χ0n) is 15.1. The van der Waals surface area contributed by atoms with E-state index in [0.29, 0.717) is 22.9 Å². The maximum absolute atomic E-state index is 12.8. The van der Waals surface area contributed by atoms with Gasteiger partial charge in [0.15, 0.2) is 5.82 Å². The summed E-state index contributed by atoms with van der Waals surface area (Å²) in [6, 6.07) is 11.2. The van der Waals surface area contributed by atoms with Crippen molar-refractivity contribution in [2.75, 3.05) is 24.7 Å². The molecule has 3 aromatic rings. The van der Waals surface area contributed by atoms with Crippen molar-refractivity contribution in [3.05, 3.63) is 57.8 Å². The molecule has 9 nitrogen and oxygen atoms in total. The SMILES string of the molecule is Cc1[nH]n(-c2ccccc2)c(=O)c1C=C(C#N)c1nc(N)nc(N(C)C)n1. The lowest BCUT2D eigenvalue weighted by Crippen LogP contribution is -2.16. The number of hydrogen-bond acceptors (Lipinski definition) is 7. The number of hydrogen-bond donors (Lipinski definition) is 2. The molecular weight excluding hydrogens is 344 g/mol. The molecule has 0 fully saturated rings. The molecule has 2 heterocycles. The Labute approximate surface area is 155 Å². The van der Waals surface area contributed by atoms with Crippen molar-refractivity contribution in [3.8, 4) is 11.8 Å². The molecule has 0 atom stereocenters. The van der Waals surface area contributed by atoms with Crippen LogP contribution in [0.2, 0.25) is 0 Å². The molecule has 3 rings (SSSR count). The van der Waals surface area contributed by atoms with Gasteiger partial charge in [-0.2, -0.15) is 20.2 Å². The highest BCUT2D eigenvalue weighted by Gasteiger charge is 2.15. The fourth-order valence-electron chi connectivity index (χ4n) is 2.48. The van der Waals surface area contributed by atoms with Crippen molar-refractivity contribution in [1.82, 2.24) is 24.7 Å². The van der Waals surface area contributed by atoms with Crippen molar-refractivity contribution in [3.63, 3.8) is 0 Å². The normalized spacial score (nSPS) is 11.3. The van der Waals surface area contributed by atoms with E-state index in [1.54, 1.807) is 25.9 Å². The third-order valence-electron chi connectivity index (χ3n) is 3.82. The molecule has 2 aromatic heterocycles. The summed E-state index contributed by atoms with van der Waals surface area (Å²) < 4.78 is 1.42. The van der Waals surface area contributed by atoms with Gasteiger partial charge < -0.3 is 10.6 Å². The lowest BCUT2D eigenvalue weighted by Gasteiger charge is -2.10. The standard InChI is InChI=1S/C18H18N8O/c1-11-14(16(27)26(24-11)13-7-5-4-6-8-13)9-12(10-19)15-21-17(20)23-18(22-15)25(2)3/h4-9,24H,1-3H3,(H2,20,21,22,23). The van der Waals surface area contributed by atoms with E-state index in [2.05, 4.69) is 20.1 Å². The summed E-state index contributed by atoms with van der Waals surface area (Å²) in [5.41, 5.74) is 7.23. The number of para-hydroxylation sites is 1. The molecule has 27 heavy (non-hydrogen) atoms. The number of allylic oxidation sites excluding steroid dienone is 1. The number of nitrogens with one attached hydrogen (secondary N) is 1. The first kappa shape index (κ1) is 17.9. The van der Waals surface area contributed by atoms with E-state index in [-0.39, 0.29) is 22.9 Å². The number of anilines is 2. The third kappa shape index (κ3) is 3.55. The maximum Gasteiger partial charge on any atom is 0.278 e.